The van der Waals surface area contributed by atoms with Gasteiger partial charge in [-0.3, -0.25) is 66.6 Å². The third-order valence-electron chi connectivity index (χ3n) is 26.9. The van der Waals surface area contributed by atoms with Crippen LogP contribution in [0.3, 0.4) is 0 Å². The van der Waals surface area contributed by atoms with Gasteiger partial charge in [0, 0.05) is 142 Å². The Morgan fingerprint density at radius 2 is 0.676 bits per heavy atom. The SMILES string of the molecule is Cc1c(C(=O)Nc2ccc(F)cc2)c2n(c1C(=O)C(=O)NC1(c3cn(C)nn3)CC(F)(F)C1)CCC2.Cc1c(C(=O)Nc2ccc(F)cc2)c2n(c1C(=O)C(=O)NC1(c3cn[nH][n+]3C)CC(F)(F)C1)CCC2.Cc1c(C(=O)Nc2ccc(F)cc2)c2n(c1C(=O)C(=O)NC1(c3cn[nH]n3)CC(F)(F)C1)CCC2.Cc1c(C(=O)Nc2ccc(F)cc2)c2n(c1C(=O)C(=O)NC1(c3cnn(C)n3)CC(F)(F)C1)CCC2.[2H]CF. The van der Waals surface area contributed by atoms with Crippen LogP contribution in [0.1, 0.15) is 230 Å². The molecule has 4 aliphatic carbocycles. The van der Waals surface area contributed by atoms with E-state index in [0.29, 0.717) is 151 Å². The lowest BCUT2D eigenvalue weighted by atomic mass is 9.71. The Morgan fingerprint density at radius 3 is 0.924 bits per heavy atom. The molecule has 8 amide bonds. The quantitative estimate of drug-likeness (QED) is 0.0116. The van der Waals surface area contributed by atoms with E-state index in [0.717, 1.165) is 0 Å². The number of hydrogen-bond acceptors (Lipinski definition) is 19. The van der Waals surface area contributed by atoms with Crippen molar-refractivity contribution in [3.05, 3.63) is 258 Å². The highest BCUT2D eigenvalue weighted by Crippen LogP contribution is 2.55. The van der Waals surface area contributed by atoms with E-state index >= 15 is 0 Å². The van der Waals surface area contributed by atoms with Gasteiger partial charge in [-0.2, -0.15) is 35.1 Å². The number of fused-ring (bicyclic) bond motifs is 4. The Morgan fingerprint density at radius 1 is 0.393 bits per heavy atom. The first-order valence-corrected chi connectivity index (χ1v) is 45.5. The van der Waals surface area contributed by atoms with Gasteiger partial charge in [-0.1, -0.05) is 10.4 Å². The maximum absolute atomic E-state index is 13.9. The van der Waals surface area contributed by atoms with Gasteiger partial charge in [0.25, 0.3) is 94.1 Å². The predicted octanol–water partition coefficient (Wildman–Crippen LogP) is 11.5. The lowest BCUT2D eigenvalue weighted by Gasteiger charge is -2.46. The number of carbonyl (C=O) groups excluding carboxylic acids is 12. The summed E-state index contributed by atoms with van der Waals surface area (Å²) in [4.78, 5) is 159. The Labute approximate surface area is 815 Å². The van der Waals surface area contributed by atoms with Crippen LogP contribution < -0.4 is 47.2 Å². The number of aryl methyl sites for hydroxylation is 3. The molecule has 145 heavy (non-hydrogen) atoms. The van der Waals surface area contributed by atoms with Crippen molar-refractivity contribution in [1.82, 2.24) is 95.2 Å². The van der Waals surface area contributed by atoms with Gasteiger partial charge in [0.2, 0.25) is 6.20 Å². The zero-order chi connectivity index (χ0) is 105. The standard InChI is InChI=1S/3C24H23F3N6O3.C23H21F3N6O3.CH3F/c1-13-18(21(35)28-15-7-5-14(25)6-8-15)16-4-3-9-33(16)19(13)20(34)22(36)29-23(11-24(26,27)12-23)17-10-32(2)31-30-17;1-13-18(21(35)29-15-7-5-14(25)6-8-15)16-4-3-9-33(16)19(13)20(34)22(36)30-23(11-24(26,27)12-23)17-10-28-31-32(17)2;1-13-18(21(35)29-15-7-5-14(25)6-8-15)16-4-3-9-33(16)19(13)20(34)22(36)30-23(11-24(26,27)12-23)17-10-28-32(2)31-17;1-12-17(20(34)28-14-6-4-13(24)5-7-14)15-3-2-8-32(15)18(12)19(33)21(35)29-22(10-23(25,26)11-22)16-9-27-31-30-16;1-2/h5-8,10H,3-4,9,11-12H2,1-2H3,(H,28,35)(H,29,36);5-8,10H,3-4,9,11-12H2,1-2H3,(H2,29,30,35,36);5-8,10H,3-4,9,11-12H2,1-2H3,(H,29,35)(H,30,36);4-7,9H,2-3,8,10-11H2,1H3,(H,28,34)(H,29,35)(H,27,30,31);1H3/p+1/i;;;;1D. The summed E-state index contributed by atoms with van der Waals surface area (Å²) in [7, 11) is 3.66. The van der Waals surface area contributed by atoms with E-state index < -0.39 is 198 Å². The van der Waals surface area contributed by atoms with Crippen LogP contribution in [0.4, 0.5) is 79.8 Å². The zero-order valence-electron chi connectivity index (χ0n) is 79.5. The number of hydrogen-bond donors (Lipinski definition) is 10. The first kappa shape index (κ1) is 101. The number of benzene rings is 4. The molecule has 8 aliphatic rings. The van der Waals surface area contributed by atoms with Gasteiger partial charge in [0.15, 0.2) is 5.69 Å². The Hall–Kier alpha value is -15.9. The van der Waals surface area contributed by atoms with Crippen LogP contribution in [0.15, 0.2) is 122 Å². The number of rotatable bonds is 24. The molecule has 4 aliphatic heterocycles. The maximum atomic E-state index is 13.9. The highest BCUT2D eigenvalue weighted by molar-refractivity contribution is 6.45. The van der Waals surface area contributed by atoms with E-state index in [9.17, 15) is 115 Å². The van der Waals surface area contributed by atoms with Gasteiger partial charge >= 0.3 is 0 Å². The number of halogens is 13. The van der Waals surface area contributed by atoms with Crippen molar-refractivity contribution in [3.8, 4) is 0 Å². The molecule has 760 valence electrons. The Kier molecular flexibility index (Phi) is 27.1. The highest BCUT2D eigenvalue weighted by atomic mass is 19.3. The molecule has 0 unspecified atom stereocenters. The van der Waals surface area contributed by atoms with Gasteiger partial charge < -0.3 is 60.8 Å². The van der Waals surface area contributed by atoms with Crippen molar-refractivity contribution in [1.29, 1.82) is 0 Å². The second kappa shape index (κ2) is 39.1. The summed E-state index contributed by atoms with van der Waals surface area (Å²) in [6.07, 6.45) is 4.55. The molecule has 0 saturated heterocycles. The summed E-state index contributed by atoms with van der Waals surface area (Å²) in [5.74, 6) is -23.6. The molecule has 12 heterocycles. The number of nitrogens with zero attached hydrogens (tertiary/aromatic N) is 14. The summed E-state index contributed by atoms with van der Waals surface area (Å²) in [6.45, 7) is 8.02. The summed E-state index contributed by atoms with van der Waals surface area (Å²) in [5, 5.41) is 52.6. The molecule has 4 aromatic carbocycles. The minimum Gasteiger partial charge on any atom is -0.341 e. The molecule has 0 radical (unpaired) electrons. The molecule has 4 saturated carbocycles. The second-order valence-corrected chi connectivity index (χ2v) is 37.0. The number of nitrogens with one attached hydrogen (secondary N) is 10. The van der Waals surface area contributed by atoms with Crippen molar-refractivity contribution in [2.24, 2.45) is 21.1 Å². The molecule has 20 rings (SSSR count). The van der Waals surface area contributed by atoms with Crippen LogP contribution in [0.5, 0.6) is 0 Å². The average molecular weight is 2020 g/mol. The molecular weight excluding hydrogens is 1930 g/mol. The largest absolute Gasteiger partial charge is 0.341 e. The van der Waals surface area contributed by atoms with Crippen molar-refractivity contribution >= 4 is 93.1 Å². The third-order valence-corrected chi connectivity index (χ3v) is 26.9. The smallest absolute Gasteiger partial charge is 0.294 e. The molecule has 49 heteroatoms. The number of amides is 8. The average Bonchev–Trinajstić information content (AvgIpc) is 1.20. The molecule has 4 fully saturated rings. The van der Waals surface area contributed by atoms with E-state index in [1.54, 1.807) is 60.1 Å². The second-order valence-electron chi connectivity index (χ2n) is 37.0. The summed E-state index contributed by atoms with van der Waals surface area (Å²) >= 11 is 0. The lowest BCUT2D eigenvalue weighted by molar-refractivity contribution is -0.742. The number of Topliss-reactive ketones (excluding diaryl/α,β-unsaturated/α-hetero) is 4. The molecular formula is C96H94F13N24O12+. The topological polar surface area (TPSA) is 456 Å². The molecule has 0 spiro atoms. The molecule has 8 aromatic heterocycles. The normalized spacial score (nSPS) is 17.2. The van der Waals surface area contributed by atoms with E-state index in [1.807, 2.05) is 0 Å². The van der Waals surface area contributed by atoms with Crippen molar-refractivity contribution in [2.75, 3.05) is 28.4 Å². The fourth-order valence-corrected chi connectivity index (χ4v) is 20.7. The number of aromatic nitrogens is 16. The van der Waals surface area contributed by atoms with Crippen LogP contribution in [0.25, 0.3) is 0 Å². The van der Waals surface area contributed by atoms with E-state index in [4.69, 9.17) is 1.37 Å². The van der Waals surface area contributed by atoms with E-state index in [-0.39, 0.29) is 62.1 Å². The van der Waals surface area contributed by atoms with Gasteiger partial charge in [0.1, 0.15) is 52.9 Å². The first-order chi connectivity index (χ1) is 69.0. The van der Waals surface area contributed by atoms with Crippen LogP contribution in [0.2, 0.25) is 0 Å². The van der Waals surface area contributed by atoms with Crippen LogP contribution in [-0.2, 0) is 114 Å². The fourth-order valence-electron chi connectivity index (χ4n) is 20.7. The number of H-pyrrole nitrogens is 2. The number of alkyl halides is 9. The number of carbonyl (C=O) groups is 12. The summed E-state index contributed by atoms with van der Waals surface area (Å²) in [5.41, 5.74) is 1.26. The minimum absolute atomic E-state index is 0.0423. The van der Waals surface area contributed by atoms with Crippen LogP contribution in [0, 0.1) is 51.0 Å². The van der Waals surface area contributed by atoms with Crippen molar-refractivity contribution < 1.29 is 121 Å². The first-order valence-electron chi connectivity index (χ1n) is 46.2. The van der Waals surface area contributed by atoms with Gasteiger partial charge in [0.05, 0.1) is 88.8 Å². The summed E-state index contributed by atoms with van der Waals surface area (Å²) in [6, 6.07) is 21.0. The number of anilines is 4. The van der Waals surface area contributed by atoms with Crippen molar-refractivity contribution in [3.63, 3.8) is 0 Å². The van der Waals surface area contributed by atoms with Gasteiger partial charge in [-0.25, -0.2) is 52.7 Å². The Balaban J connectivity index is 0.000000138. The van der Waals surface area contributed by atoms with Gasteiger partial charge in [-0.15, -0.1) is 5.10 Å². The Bertz CT molecular complexity index is 6980. The fraction of sp³-hybridized carbons (Fsp3) is 0.375. The molecule has 10 N–H and O–H groups in total. The van der Waals surface area contributed by atoms with E-state index in [1.165, 1.54) is 143 Å². The lowest BCUT2D eigenvalue weighted by Crippen LogP contribution is -2.64. The van der Waals surface area contributed by atoms with Crippen LogP contribution in [-0.4, -0.2) is 175 Å². The third kappa shape index (κ3) is 20.0. The summed E-state index contributed by atoms with van der Waals surface area (Å²) < 4.78 is 189. The number of ketones is 4. The molecule has 0 atom stereocenters. The highest BCUT2D eigenvalue weighted by Gasteiger charge is 2.65. The monoisotopic (exact) mass is 2020 g/mol. The van der Waals surface area contributed by atoms with Gasteiger partial charge in [-0.05, 0) is 198 Å². The number of aromatic amines is 2. The molecule has 12 aromatic rings. The van der Waals surface area contributed by atoms with Crippen LogP contribution >= 0.6 is 0 Å². The van der Waals surface area contributed by atoms with Crippen molar-refractivity contribution in [2.45, 2.75) is 202 Å². The molecule has 0 bridgehead atoms. The molecule has 36 nitrogen and oxygen atoms in total. The minimum atomic E-state index is -3.01. The maximum Gasteiger partial charge on any atom is 0.294 e. The predicted molar refractivity (Wildman–Crippen MR) is 486 cm³/mol. The van der Waals surface area contributed by atoms with E-state index in [2.05, 4.69) is 88.8 Å². The zero-order valence-corrected chi connectivity index (χ0v) is 78.5.